The lowest BCUT2D eigenvalue weighted by Gasteiger charge is -2.37. The van der Waals surface area contributed by atoms with Gasteiger partial charge in [-0.05, 0) is 66.2 Å². The van der Waals surface area contributed by atoms with Crippen LogP contribution < -0.4 is 15.0 Å². The molecule has 0 atom stereocenters. The van der Waals surface area contributed by atoms with E-state index in [1.165, 1.54) is 18.2 Å². The number of anilines is 2. The maximum Gasteiger partial charge on any atom is 0.256 e. The van der Waals surface area contributed by atoms with Gasteiger partial charge in [0.1, 0.15) is 11.6 Å². The normalized spacial score (nSPS) is 12.9. The SMILES string of the molecule is COc1ccc(C(=O)N2CCN(c3ccc(NC(=O)c4cccc(F)c4)cc3C(=O)N(C)Cc3ccccc3)CC2)cc1. The van der Waals surface area contributed by atoms with Crippen LogP contribution in [0.3, 0.4) is 0 Å². The minimum Gasteiger partial charge on any atom is -0.497 e. The summed E-state index contributed by atoms with van der Waals surface area (Å²) < 4.78 is 18.9. The Morgan fingerprint density at radius 3 is 2.23 bits per heavy atom. The fourth-order valence-corrected chi connectivity index (χ4v) is 5.10. The molecule has 220 valence electrons. The molecule has 0 bridgehead atoms. The van der Waals surface area contributed by atoms with Crippen molar-refractivity contribution in [1.82, 2.24) is 9.80 Å². The van der Waals surface area contributed by atoms with Gasteiger partial charge >= 0.3 is 0 Å². The Morgan fingerprint density at radius 1 is 0.837 bits per heavy atom. The largest absolute Gasteiger partial charge is 0.497 e. The van der Waals surface area contributed by atoms with E-state index in [-0.39, 0.29) is 17.4 Å². The Morgan fingerprint density at radius 2 is 1.56 bits per heavy atom. The number of hydrogen-bond acceptors (Lipinski definition) is 5. The van der Waals surface area contributed by atoms with Gasteiger partial charge in [0.05, 0.1) is 12.7 Å². The number of hydrogen-bond donors (Lipinski definition) is 1. The summed E-state index contributed by atoms with van der Waals surface area (Å²) in [6.45, 7) is 2.43. The Bertz CT molecular complexity index is 1600. The highest BCUT2D eigenvalue weighted by Crippen LogP contribution is 2.28. The number of nitrogens with zero attached hydrogens (tertiary/aromatic N) is 3. The summed E-state index contributed by atoms with van der Waals surface area (Å²) in [6, 6.07) is 27.4. The minimum absolute atomic E-state index is 0.0587. The molecule has 0 aromatic heterocycles. The number of nitrogens with one attached hydrogen (secondary N) is 1. The molecule has 9 heteroatoms. The number of carbonyl (C=O) groups is 3. The summed E-state index contributed by atoms with van der Waals surface area (Å²) in [5.41, 5.74) is 3.31. The summed E-state index contributed by atoms with van der Waals surface area (Å²) in [4.78, 5) is 45.3. The maximum atomic E-state index is 13.8. The molecule has 1 heterocycles. The number of rotatable bonds is 8. The van der Waals surface area contributed by atoms with E-state index < -0.39 is 11.7 Å². The van der Waals surface area contributed by atoms with E-state index in [1.807, 2.05) is 36.4 Å². The van der Waals surface area contributed by atoms with Crippen LogP contribution in [-0.2, 0) is 6.54 Å². The highest BCUT2D eigenvalue weighted by molar-refractivity contribution is 6.06. The van der Waals surface area contributed by atoms with E-state index in [9.17, 15) is 18.8 Å². The highest BCUT2D eigenvalue weighted by atomic mass is 19.1. The molecule has 4 aromatic carbocycles. The molecule has 0 saturated carbocycles. The molecule has 0 unspecified atom stereocenters. The van der Waals surface area contributed by atoms with Crippen LogP contribution in [0.5, 0.6) is 5.75 Å². The van der Waals surface area contributed by atoms with Crippen LogP contribution in [0, 0.1) is 5.82 Å². The third-order valence-corrected chi connectivity index (χ3v) is 7.43. The number of benzene rings is 4. The zero-order valence-corrected chi connectivity index (χ0v) is 24.1. The third-order valence-electron chi connectivity index (χ3n) is 7.43. The van der Waals surface area contributed by atoms with Gasteiger partial charge in [-0.25, -0.2) is 4.39 Å². The second kappa shape index (κ2) is 13.2. The first-order valence-corrected chi connectivity index (χ1v) is 14.0. The van der Waals surface area contributed by atoms with E-state index in [0.29, 0.717) is 61.0 Å². The fourth-order valence-electron chi connectivity index (χ4n) is 5.10. The molecule has 43 heavy (non-hydrogen) atoms. The van der Waals surface area contributed by atoms with Crippen LogP contribution in [-0.4, -0.2) is 67.9 Å². The number of carbonyl (C=O) groups excluding carboxylic acids is 3. The molecule has 1 fully saturated rings. The Kier molecular flexibility index (Phi) is 9.00. The number of ether oxygens (including phenoxy) is 1. The van der Waals surface area contributed by atoms with Gasteiger partial charge in [0.15, 0.2) is 0 Å². The molecular weight excluding hydrogens is 547 g/mol. The molecule has 3 amide bonds. The highest BCUT2D eigenvalue weighted by Gasteiger charge is 2.26. The molecule has 5 rings (SSSR count). The average molecular weight is 581 g/mol. The predicted molar refractivity (Wildman–Crippen MR) is 164 cm³/mol. The van der Waals surface area contributed by atoms with E-state index >= 15 is 0 Å². The molecular formula is C34H33FN4O4. The minimum atomic E-state index is -0.508. The number of piperazine rings is 1. The van der Waals surface area contributed by atoms with Gasteiger partial charge in [-0.15, -0.1) is 0 Å². The molecule has 1 saturated heterocycles. The lowest BCUT2D eigenvalue weighted by atomic mass is 10.1. The molecule has 1 N–H and O–H groups in total. The van der Waals surface area contributed by atoms with Crippen LogP contribution in [0.25, 0.3) is 0 Å². The monoisotopic (exact) mass is 580 g/mol. The lowest BCUT2D eigenvalue weighted by molar-refractivity contribution is 0.0742. The van der Waals surface area contributed by atoms with Crippen molar-refractivity contribution in [3.8, 4) is 5.75 Å². The zero-order chi connectivity index (χ0) is 30.3. The van der Waals surface area contributed by atoms with E-state index in [2.05, 4.69) is 10.2 Å². The maximum absolute atomic E-state index is 13.8. The van der Waals surface area contributed by atoms with Gasteiger partial charge in [0.2, 0.25) is 0 Å². The molecule has 4 aromatic rings. The second-order valence-corrected chi connectivity index (χ2v) is 10.4. The Labute approximate surface area is 250 Å². The topological polar surface area (TPSA) is 82.2 Å². The summed E-state index contributed by atoms with van der Waals surface area (Å²) >= 11 is 0. The van der Waals surface area contributed by atoms with E-state index in [4.69, 9.17) is 4.74 Å². The molecule has 0 spiro atoms. The first-order valence-electron chi connectivity index (χ1n) is 14.0. The van der Waals surface area contributed by atoms with Gasteiger partial charge in [-0.2, -0.15) is 0 Å². The van der Waals surface area contributed by atoms with Crippen molar-refractivity contribution < 1.29 is 23.5 Å². The van der Waals surface area contributed by atoms with Crippen LogP contribution in [0.4, 0.5) is 15.8 Å². The summed E-state index contributed by atoms with van der Waals surface area (Å²) in [7, 11) is 3.32. The number of halogens is 1. The van der Waals surface area contributed by atoms with Crippen molar-refractivity contribution >= 4 is 29.1 Å². The Hall–Kier alpha value is -5.18. The Balaban J connectivity index is 1.36. The van der Waals surface area contributed by atoms with Gasteiger partial charge < -0.3 is 24.8 Å². The predicted octanol–water partition coefficient (Wildman–Crippen LogP) is 5.32. The van der Waals surface area contributed by atoms with Crippen molar-refractivity contribution in [3.63, 3.8) is 0 Å². The molecule has 1 aliphatic heterocycles. The first kappa shape index (κ1) is 29.3. The molecule has 0 aliphatic carbocycles. The molecule has 8 nitrogen and oxygen atoms in total. The van der Waals surface area contributed by atoms with Gasteiger partial charge in [0, 0.05) is 62.3 Å². The number of amides is 3. The van der Waals surface area contributed by atoms with Crippen molar-refractivity contribution in [3.05, 3.63) is 125 Å². The summed E-state index contributed by atoms with van der Waals surface area (Å²) in [6.07, 6.45) is 0. The molecule has 0 radical (unpaired) electrons. The molecule has 1 aliphatic rings. The fraction of sp³-hybridized carbons (Fsp3) is 0.206. The smallest absolute Gasteiger partial charge is 0.256 e. The third kappa shape index (κ3) is 7.01. The number of methoxy groups -OCH3 is 1. The average Bonchev–Trinajstić information content (AvgIpc) is 3.04. The van der Waals surface area contributed by atoms with E-state index in [0.717, 1.165) is 11.6 Å². The van der Waals surface area contributed by atoms with Crippen molar-refractivity contribution in [2.45, 2.75) is 6.54 Å². The van der Waals surface area contributed by atoms with Gasteiger partial charge in [-0.1, -0.05) is 36.4 Å². The van der Waals surface area contributed by atoms with Crippen LogP contribution in [0.15, 0.2) is 97.1 Å². The zero-order valence-electron chi connectivity index (χ0n) is 24.1. The van der Waals surface area contributed by atoms with Crippen LogP contribution >= 0.6 is 0 Å². The standard InChI is InChI=1S/C34H33FN4O4/c1-37(23-24-7-4-3-5-8-24)34(42)30-22-28(36-32(40)26-9-6-10-27(35)21-26)13-16-31(30)38-17-19-39(20-18-38)33(41)25-11-14-29(43-2)15-12-25/h3-16,21-22H,17-20,23H2,1-2H3,(H,36,40). The van der Waals surface area contributed by atoms with E-state index in [1.54, 1.807) is 60.4 Å². The van der Waals surface area contributed by atoms with Crippen molar-refractivity contribution in [2.75, 3.05) is 50.6 Å². The van der Waals surface area contributed by atoms with Crippen LogP contribution in [0.1, 0.15) is 36.6 Å². The summed E-state index contributed by atoms with van der Waals surface area (Å²) in [5, 5.41) is 2.79. The van der Waals surface area contributed by atoms with Crippen molar-refractivity contribution in [2.24, 2.45) is 0 Å². The lowest BCUT2D eigenvalue weighted by Crippen LogP contribution is -2.49. The summed E-state index contributed by atoms with van der Waals surface area (Å²) in [5.74, 6) is -0.569. The first-order chi connectivity index (χ1) is 20.8. The van der Waals surface area contributed by atoms with Gasteiger partial charge in [0.25, 0.3) is 17.7 Å². The quantitative estimate of drug-likeness (QED) is 0.305. The second-order valence-electron chi connectivity index (χ2n) is 10.4. The van der Waals surface area contributed by atoms with Crippen molar-refractivity contribution in [1.29, 1.82) is 0 Å². The van der Waals surface area contributed by atoms with Gasteiger partial charge in [-0.3, -0.25) is 14.4 Å². The van der Waals surface area contributed by atoms with Crippen LogP contribution in [0.2, 0.25) is 0 Å².